The van der Waals surface area contributed by atoms with Crippen LogP contribution in [0.25, 0.3) is 0 Å². The molecule has 0 unspecified atom stereocenters. The largest absolute Gasteiger partial charge is 0.270 e. The molecule has 78 valence electrons. The number of benzene rings is 1. The lowest BCUT2D eigenvalue weighted by molar-refractivity contribution is -0.384. The molecule has 0 aliphatic heterocycles. The standard InChI is InChI=1S/C8H7N3O2S2/c12-11(13)7-3-1-2-6(4-7)5-9-10-8(14)15/h1-5H,(H2,10,14,15)/b9-5-. The Morgan fingerprint density at radius 1 is 1.67 bits per heavy atom. The SMILES string of the molecule is O=[N+]([O-])c1cccc(/C=N\NC(=S)S)c1. The number of thiocarbonyl (C=S) groups is 1. The zero-order valence-electron chi connectivity index (χ0n) is 7.45. The zero-order valence-corrected chi connectivity index (χ0v) is 9.16. The Kier molecular flexibility index (Phi) is 4.19. The van der Waals surface area contributed by atoms with E-state index in [0.29, 0.717) is 5.56 Å². The molecule has 0 aliphatic carbocycles. The van der Waals surface area contributed by atoms with Crippen LogP contribution in [0.3, 0.4) is 0 Å². The van der Waals surface area contributed by atoms with Crippen molar-refractivity contribution in [3.63, 3.8) is 0 Å². The molecule has 1 rings (SSSR count). The van der Waals surface area contributed by atoms with Crippen molar-refractivity contribution in [2.45, 2.75) is 0 Å². The number of nitrogens with zero attached hydrogens (tertiary/aromatic N) is 2. The molecule has 1 aromatic rings. The minimum atomic E-state index is -0.464. The fourth-order valence-corrected chi connectivity index (χ4v) is 0.991. The van der Waals surface area contributed by atoms with Crippen LogP contribution in [0.2, 0.25) is 0 Å². The highest BCUT2D eigenvalue weighted by atomic mass is 32.1. The number of hydrogen-bond donors (Lipinski definition) is 2. The van der Waals surface area contributed by atoms with Gasteiger partial charge in [-0.1, -0.05) is 24.4 Å². The third-order valence-corrected chi connectivity index (χ3v) is 1.65. The Hall–Kier alpha value is -1.47. The van der Waals surface area contributed by atoms with Crippen LogP contribution in [0.5, 0.6) is 0 Å². The Balaban J connectivity index is 2.78. The lowest BCUT2D eigenvalue weighted by Gasteiger charge is -1.94. The van der Waals surface area contributed by atoms with Gasteiger partial charge >= 0.3 is 0 Å². The van der Waals surface area contributed by atoms with Crippen molar-refractivity contribution >= 4 is 41.1 Å². The van der Waals surface area contributed by atoms with E-state index in [0.717, 1.165) is 0 Å². The number of nitro groups is 1. The molecule has 0 amide bonds. The second-order valence-electron chi connectivity index (χ2n) is 2.53. The molecule has 0 atom stereocenters. The van der Waals surface area contributed by atoms with Gasteiger partial charge in [0, 0.05) is 17.7 Å². The summed E-state index contributed by atoms with van der Waals surface area (Å²) in [5.74, 6) is 0. The number of nitrogens with one attached hydrogen (secondary N) is 1. The fourth-order valence-electron chi connectivity index (χ4n) is 0.881. The highest BCUT2D eigenvalue weighted by Crippen LogP contribution is 2.11. The Morgan fingerprint density at radius 2 is 2.40 bits per heavy atom. The van der Waals surface area contributed by atoms with Crippen LogP contribution in [0, 0.1) is 10.1 Å². The Labute approximate surface area is 96.7 Å². The quantitative estimate of drug-likeness (QED) is 0.278. The number of non-ortho nitro benzene ring substituents is 1. The molecular formula is C8H7N3O2S2. The summed E-state index contributed by atoms with van der Waals surface area (Å²) in [5.41, 5.74) is 3.07. The van der Waals surface area contributed by atoms with Crippen molar-refractivity contribution in [1.82, 2.24) is 5.43 Å². The maximum Gasteiger partial charge on any atom is 0.270 e. The van der Waals surface area contributed by atoms with Crippen molar-refractivity contribution in [3.8, 4) is 0 Å². The van der Waals surface area contributed by atoms with Crippen molar-refractivity contribution in [2.75, 3.05) is 0 Å². The average Bonchev–Trinajstić information content (AvgIpc) is 2.17. The molecule has 0 aromatic heterocycles. The molecule has 1 N–H and O–H groups in total. The number of hydrazone groups is 1. The van der Waals surface area contributed by atoms with E-state index in [4.69, 9.17) is 0 Å². The van der Waals surface area contributed by atoms with Crippen molar-refractivity contribution < 1.29 is 4.92 Å². The van der Waals surface area contributed by atoms with Gasteiger partial charge in [-0.25, -0.2) is 0 Å². The number of hydrogen-bond acceptors (Lipinski definition) is 4. The molecule has 0 aliphatic rings. The molecule has 1 aromatic carbocycles. The van der Waals surface area contributed by atoms with Gasteiger partial charge in [0.05, 0.1) is 11.1 Å². The van der Waals surface area contributed by atoms with E-state index in [1.165, 1.54) is 18.3 Å². The highest BCUT2D eigenvalue weighted by molar-refractivity contribution is 8.11. The van der Waals surface area contributed by atoms with Gasteiger partial charge in [0.2, 0.25) is 0 Å². The number of rotatable bonds is 3. The number of nitro benzene ring substituents is 1. The minimum Gasteiger partial charge on any atom is -0.263 e. The van der Waals surface area contributed by atoms with Gasteiger partial charge in [-0.2, -0.15) is 5.10 Å². The summed E-state index contributed by atoms with van der Waals surface area (Å²) in [6.07, 6.45) is 1.43. The van der Waals surface area contributed by atoms with E-state index in [-0.39, 0.29) is 10.0 Å². The van der Waals surface area contributed by atoms with Crippen LogP contribution in [0.15, 0.2) is 29.4 Å². The monoisotopic (exact) mass is 241 g/mol. The van der Waals surface area contributed by atoms with Gasteiger partial charge < -0.3 is 0 Å². The van der Waals surface area contributed by atoms with Gasteiger partial charge in [-0.3, -0.25) is 15.5 Å². The predicted molar refractivity (Wildman–Crippen MR) is 65.4 cm³/mol. The third-order valence-electron chi connectivity index (χ3n) is 1.45. The summed E-state index contributed by atoms with van der Waals surface area (Å²) in [5, 5.41) is 14.2. The van der Waals surface area contributed by atoms with E-state index in [1.54, 1.807) is 12.1 Å². The average molecular weight is 241 g/mol. The van der Waals surface area contributed by atoms with E-state index >= 15 is 0 Å². The molecule has 5 nitrogen and oxygen atoms in total. The van der Waals surface area contributed by atoms with Crippen LogP contribution in [0.1, 0.15) is 5.56 Å². The second kappa shape index (κ2) is 5.42. The zero-order chi connectivity index (χ0) is 11.3. The normalized spacial score (nSPS) is 10.2. The van der Waals surface area contributed by atoms with Gasteiger partial charge in [0.25, 0.3) is 5.69 Å². The fraction of sp³-hybridized carbons (Fsp3) is 0. The predicted octanol–water partition coefficient (Wildman–Crippen LogP) is 1.73. The van der Waals surface area contributed by atoms with Crippen LogP contribution in [0.4, 0.5) is 5.69 Å². The van der Waals surface area contributed by atoms with E-state index in [9.17, 15) is 10.1 Å². The second-order valence-corrected chi connectivity index (χ2v) is 3.69. The summed E-state index contributed by atoms with van der Waals surface area (Å²) >= 11 is 8.41. The van der Waals surface area contributed by atoms with Crippen molar-refractivity contribution in [1.29, 1.82) is 0 Å². The minimum absolute atomic E-state index is 0.0207. The molecule has 0 heterocycles. The first-order chi connectivity index (χ1) is 7.09. The molecule has 0 radical (unpaired) electrons. The van der Waals surface area contributed by atoms with Gasteiger partial charge in [-0.05, 0) is 0 Å². The molecule has 0 bridgehead atoms. The first-order valence-electron chi connectivity index (χ1n) is 3.86. The van der Waals surface area contributed by atoms with Crippen molar-refractivity contribution in [2.24, 2.45) is 5.10 Å². The third kappa shape index (κ3) is 4.05. The molecular weight excluding hydrogens is 234 g/mol. The molecule has 7 heteroatoms. The van der Waals surface area contributed by atoms with Crippen LogP contribution in [-0.2, 0) is 0 Å². The molecule has 0 spiro atoms. The van der Waals surface area contributed by atoms with E-state index in [1.807, 2.05) is 0 Å². The van der Waals surface area contributed by atoms with E-state index in [2.05, 4.69) is 35.4 Å². The first kappa shape index (κ1) is 11.6. The summed E-state index contributed by atoms with van der Waals surface area (Å²) < 4.78 is 0.233. The van der Waals surface area contributed by atoms with Gasteiger partial charge in [-0.15, -0.1) is 12.6 Å². The van der Waals surface area contributed by atoms with Gasteiger partial charge in [0.1, 0.15) is 0 Å². The van der Waals surface area contributed by atoms with Crippen molar-refractivity contribution in [3.05, 3.63) is 39.9 Å². The molecule has 0 fully saturated rings. The molecule has 0 saturated heterocycles. The Bertz CT molecular complexity index is 420. The summed E-state index contributed by atoms with van der Waals surface area (Å²) in [6, 6.07) is 6.10. The van der Waals surface area contributed by atoms with E-state index < -0.39 is 4.92 Å². The van der Waals surface area contributed by atoms with Crippen LogP contribution < -0.4 is 5.43 Å². The smallest absolute Gasteiger partial charge is 0.263 e. The first-order valence-corrected chi connectivity index (χ1v) is 4.71. The topological polar surface area (TPSA) is 67.5 Å². The molecule has 0 saturated carbocycles. The molecule has 15 heavy (non-hydrogen) atoms. The maximum absolute atomic E-state index is 10.4. The summed E-state index contributed by atoms with van der Waals surface area (Å²) in [4.78, 5) is 9.98. The van der Waals surface area contributed by atoms with Gasteiger partial charge in [0.15, 0.2) is 4.32 Å². The lowest BCUT2D eigenvalue weighted by atomic mass is 10.2. The summed E-state index contributed by atoms with van der Waals surface area (Å²) in [6.45, 7) is 0. The Morgan fingerprint density at radius 3 is 3.00 bits per heavy atom. The van der Waals surface area contributed by atoms with Crippen LogP contribution >= 0.6 is 24.8 Å². The lowest BCUT2D eigenvalue weighted by Crippen LogP contribution is -2.07. The highest BCUT2D eigenvalue weighted by Gasteiger charge is 2.03. The summed E-state index contributed by atoms with van der Waals surface area (Å²) in [7, 11) is 0. The number of thiol groups is 1. The van der Waals surface area contributed by atoms with Crippen LogP contribution in [-0.4, -0.2) is 15.5 Å². The maximum atomic E-state index is 10.4.